The van der Waals surface area contributed by atoms with E-state index in [9.17, 15) is 9.59 Å². The van der Waals surface area contributed by atoms with Crippen LogP contribution in [-0.4, -0.2) is 18.4 Å². The number of halogens is 1. The van der Waals surface area contributed by atoms with Crippen molar-refractivity contribution in [2.45, 2.75) is 6.92 Å². The second-order valence-electron chi connectivity index (χ2n) is 3.58. The van der Waals surface area contributed by atoms with Crippen LogP contribution < -0.4 is 11.2 Å². The van der Waals surface area contributed by atoms with Gasteiger partial charge in [-0.1, -0.05) is 28.1 Å². The van der Waals surface area contributed by atoms with Gasteiger partial charge in [-0.05, 0) is 30.2 Å². The first-order valence-corrected chi connectivity index (χ1v) is 5.92. The van der Waals surface area contributed by atoms with E-state index in [1.165, 1.54) is 6.08 Å². The number of amides is 2. The molecule has 0 heterocycles. The minimum atomic E-state index is -0.652. The Hall–Kier alpha value is -1.66. The van der Waals surface area contributed by atoms with Crippen LogP contribution in [0.1, 0.15) is 11.1 Å². The van der Waals surface area contributed by atoms with Gasteiger partial charge in [0.2, 0.25) is 5.91 Å². The number of aryl methyl sites for hydroxylation is 1. The minimum Gasteiger partial charge on any atom is -0.368 e. The van der Waals surface area contributed by atoms with Gasteiger partial charge < -0.3 is 5.73 Å². The number of rotatable bonds is 5. The molecular weight excluding hydrogens is 300 g/mol. The predicted molar refractivity (Wildman–Crippen MR) is 71.2 cm³/mol. The zero-order chi connectivity index (χ0) is 13.5. The predicted octanol–water partition coefficient (Wildman–Crippen LogP) is 1.30. The normalized spacial score (nSPS) is 10.6. The van der Waals surface area contributed by atoms with Crippen molar-refractivity contribution in [2.24, 2.45) is 5.73 Å². The third-order valence-corrected chi connectivity index (χ3v) is 2.64. The monoisotopic (exact) mass is 312 g/mol. The smallest absolute Gasteiger partial charge is 0.267 e. The van der Waals surface area contributed by atoms with Crippen LogP contribution in [0, 0.1) is 6.92 Å². The molecule has 3 N–H and O–H groups in total. The Morgan fingerprint density at radius 1 is 1.50 bits per heavy atom. The van der Waals surface area contributed by atoms with Gasteiger partial charge in [-0.15, -0.1) is 0 Å². The molecule has 6 heteroatoms. The maximum Gasteiger partial charge on any atom is 0.267 e. The van der Waals surface area contributed by atoms with Crippen LogP contribution >= 0.6 is 15.9 Å². The van der Waals surface area contributed by atoms with Crippen molar-refractivity contribution in [3.8, 4) is 0 Å². The molecule has 1 aromatic carbocycles. The van der Waals surface area contributed by atoms with Crippen LogP contribution in [-0.2, 0) is 14.4 Å². The summed E-state index contributed by atoms with van der Waals surface area (Å²) in [6.45, 7) is 1.62. The highest BCUT2D eigenvalue weighted by Crippen LogP contribution is 2.19. The molecule has 5 nitrogen and oxygen atoms in total. The number of hydroxylamine groups is 1. The zero-order valence-electron chi connectivity index (χ0n) is 9.77. The molecule has 0 unspecified atom stereocenters. The molecule has 0 aliphatic carbocycles. The van der Waals surface area contributed by atoms with Gasteiger partial charge in [0.15, 0.2) is 6.61 Å². The van der Waals surface area contributed by atoms with Crippen LogP contribution in [0.5, 0.6) is 0 Å². The molecule has 0 saturated carbocycles. The average molecular weight is 313 g/mol. The molecule has 0 aromatic heterocycles. The third-order valence-electron chi connectivity index (χ3n) is 1.96. The summed E-state index contributed by atoms with van der Waals surface area (Å²) in [4.78, 5) is 26.2. The molecular formula is C12H13BrN2O3. The first-order valence-electron chi connectivity index (χ1n) is 5.13. The second kappa shape index (κ2) is 6.93. The molecule has 1 rings (SSSR count). The summed E-state index contributed by atoms with van der Waals surface area (Å²) in [5.41, 5.74) is 8.90. The van der Waals surface area contributed by atoms with E-state index in [4.69, 9.17) is 5.73 Å². The highest BCUT2D eigenvalue weighted by atomic mass is 79.9. The van der Waals surface area contributed by atoms with E-state index in [0.717, 1.165) is 15.6 Å². The Labute approximate surface area is 113 Å². The van der Waals surface area contributed by atoms with Crippen LogP contribution in [0.25, 0.3) is 6.08 Å². The Kier molecular flexibility index (Phi) is 5.54. The summed E-state index contributed by atoms with van der Waals surface area (Å²) in [5, 5.41) is 0. The number of hydrogen-bond donors (Lipinski definition) is 2. The molecule has 0 bridgehead atoms. The number of hydrogen-bond acceptors (Lipinski definition) is 3. The molecule has 96 valence electrons. The molecule has 0 aliphatic heterocycles. The molecule has 0 saturated heterocycles. The van der Waals surface area contributed by atoms with E-state index in [2.05, 4.69) is 26.2 Å². The van der Waals surface area contributed by atoms with E-state index in [1.807, 2.05) is 25.1 Å². The molecule has 0 aliphatic rings. The fourth-order valence-electron chi connectivity index (χ4n) is 1.15. The molecule has 0 atom stereocenters. The standard InChI is InChI=1S/C12H13BrN2O3/c1-8-2-3-9(10(13)6-8)4-5-12(17)15-18-7-11(14)16/h2-6H,7H2,1H3,(H2,14,16)(H,15,17)/b5-4+. The minimum absolute atomic E-state index is 0.353. The van der Waals surface area contributed by atoms with Crippen molar-refractivity contribution < 1.29 is 14.4 Å². The first kappa shape index (κ1) is 14.4. The number of carbonyl (C=O) groups is 2. The molecule has 18 heavy (non-hydrogen) atoms. The fraction of sp³-hybridized carbons (Fsp3) is 0.167. The van der Waals surface area contributed by atoms with Crippen LogP contribution in [0.2, 0.25) is 0 Å². The van der Waals surface area contributed by atoms with E-state index in [-0.39, 0.29) is 6.61 Å². The SMILES string of the molecule is Cc1ccc(/C=C/C(=O)NOCC(N)=O)c(Br)c1. The summed E-state index contributed by atoms with van der Waals surface area (Å²) in [7, 11) is 0. The molecule has 1 aromatic rings. The third kappa shape index (κ3) is 5.11. The molecule has 2 amide bonds. The number of nitrogens with one attached hydrogen (secondary N) is 1. The lowest BCUT2D eigenvalue weighted by Gasteiger charge is -2.01. The number of primary amides is 1. The van der Waals surface area contributed by atoms with Crippen molar-refractivity contribution in [2.75, 3.05) is 6.61 Å². The summed E-state index contributed by atoms with van der Waals surface area (Å²) in [6, 6.07) is 5.76. The van der Waals surface area contributed by atoms with Gasteiger partial charge in [-0.25, -0.2) is 5.48 Å². The topological polar surface area (TPSA) is 81.4 Å². The van der Waals surface area contributed by atoms with E-state index in [0.29, 0.717) is 0 Å². The van der Waals surface area contributed by atoms with Gasteiger partial charge in [-0.3, -0.25) is 14.4 Å². The fourth-order valence-corrected chi connectivity index (χ4v) is 1.77. The van der Waals surface area contributed by atoms with Gasteiger partial charge in [0, 0.05) is 10.5 Å². The number of benzene rings is 1. The quantitative estimate of drug-likeness (QED) is 0.635. The summed E-state index contributed by atoms with van der Waals surface area (Å²) in [6.07, 6.45) is 2.93. The second-order valence-corrected chi connectivity index (χ2v) is 4.43. The van der Waals surface area contributed by atoms with Crippen LogP contribution in [0.3, 0.4) is 0 Å². The van der Waals surface area contributed by atoms with Gasteiger partial charge in [-0.2, -0.15) is 0 Å². The average Bonchev–Trinajstić information content (AvgIpc) is 2.27. The zero-order valence-corrected chi connectivity index (χ0v) is 11.4. The number of carbonyl (C=O) groups excluding carboxylic acids is 2. The van der Waals surface area contributed by atoms with Crippen molar-refractivity contribution in [3.05, 3.63) is 39.9 Å². The molecule has 0 fully saturated rings. The highest BCUT2D eigenvalue weighted by molar-refractivity contribution is 9.10. The highest BCUT2D eigenvalue weighted by Gasteiger charge is 1.99. The molecule has 0 spiro atoms. The lowest BCUT2D eigenvalue weighted by atomic mass is 10.1. The van der Waals surface area contributed by atoms with Gasteiger partial charge in [0.1, 0.15) is 0 Å². The van der Waals surface area contributed by atoms with Gasteiger partial charge in [0.25, 0.3) is 5.91 Å². The van der Waals surface area contributed by atoms with Crippen molar-refractivity contribution in [1.29, 1.82) is 0 Å². The van der Waals surface area contributed by atoms with Gasteiger partial charge >= 0.3 is 0 Å². The first-order chi connectivity index (χ1) is 8.49. The van der Waals surface area contributed by atoms with Crippen LogP contribution in [0.4, 0.5) is 0 Å². The maximum atomic E-state index is 11.3. The number of nitrogens with two attached hydrogens (primary N) is 1. The van der Waals surface area contributed by atoms with E-state index < -0.39 is 11.8 Å². The summed E-state index contributed by atoms with van der Waals surface area (Å²) < 4.78 is 0.893. The Morgan fingerprint density at radius 2 is 2.22 bits per heavy atom. The lowest BCUT2D eigenvalue weighted by molar-refractivity contribution is -0.134. The van der Waals surface area contributed by atoms with E-state index in [1.54, 1.807) is 6.08 Å². The maximum absolute atomic E-state index is 11.3. The summed E-state index contributed by atoms with van der Waals surface area (Å²) in [5.74, 6) is -1.12. The molecule has 0 radical (unpaired) electrons. The van der Waals surface area contributed by atoms with Crippen LogP contribution in [0.15, 0.2) is 28.7 Å². The Morgan fingerprint density at radius 3 is 2.83 bits per heavy atom. The largest absolute Gasteiger partial charge is 0.368 e. The Bertz CT molecular complexity index is 486. The van der Waals surface area contributed by atoms with Crippen molar-refractivity contribution in [1.82, 2.24) is 5.48 Å². The lowest BCUT2D eigenvalue weighted by Crippen LogP contribution is -2.28. The Balaban J connectivity index is 2.53. The van der Waals surface area contributed by atoms with Crippen molar-refractivity contribution in [3.63, 3.8) is 0 Å². The van der Waals surface area contributed by atoms with E-state index >= 15 is 0 Å². The van der Waals surface area contributed by atoms with Gasteiger partial charge in [0.05, 0.1) is 0 Å². The van der Waals surface area contributed by atoms with Crippen molar-refractivity contribution >= 4 is 33.8 Å². The summed E-state index contributed by atoms with van der Waals surface area (Å²) >= 11 is 3.39.